The Morgan fingerprint density at radius 2 is 2.04 bits per heavy atom. The normalized spacial score (nSPS) is 17.7. The van der Waals surface area contributed by atoms with E-state index in [1.165, 1.54) is 16.2 Å². The molecule has 0 aliphatic heterocycles. The van der Waals surface area contributed by atoms with Gasteiger partial charge < -0.3 is 0 Å². The first-order chi connectivity index (χ1) is 11.0. The van der Waals surface area contributed by atoms with E-state index in [2.05, 4.69) is 23.6 Å². The van der Waals surface area contributed by atoms with Crippen molar-refractivity contribution in [2.45, 2.75) is 50.8 Å². The van der Waals surface area contributed by atoms with Gasteiger partial charge in [0.1, 0.15) is 0 Å². The lowest BCUT2D eigenvalue weighted by Crippen LogP contribution is -2.13. The lowest BCUT2D eigenvalue weighted by molar-refractivity contribution is 0.502. The average Bonchev–Trinajstić information content (AvgIpc) is 2.88. The molecule has 23 heavy (non-hydrogen) atoms. The third kappa shape index (κ3) is 3.75. The van der Waals surface area contributed by atoms with E-state index < -0.39 is 10.0 Å². The Morgan fingerprint density at radius 3 is 2.74 bits per heavy atom. The number of fused-ring (bicyclic) bond motifs is 1. The van der Waals surface area contributed by atoms with Crippen LogP contribution in [0.15, 0.2) is 29.2 Å². The number of nitrogens with one attached hydrogen (secondary N) is 1. The van der Waals surface area contributed by atoms with E-state index in [9.17, 15) is 8.42 Å². The summed E-state index contributed by atoms with van der Waals surface area (Å²) in [5.41, 5.74) is 2.22. The molecule has 1 aliphatic carbocycles. The number of nitrogens with zero attached hydrogens (tertiary/aromatic N) is 1. The molecule has 2 aromatic rings. The summed E-state index contributed by atoms with van der Waals surface area (Å²) in [6.45, 7) is 4.33. The summed E-state index contributed by atoms with van der Waals surface area (Å²) in [6.07, 6.45) is 5.08. The first-order valence-electron chi connectivity index (χ1n) is 8.08. The zero-order valence-electron chi connectivity index (χ0n) is 13.5. The van der Waals surface area contributed by atoms with Gasteiger partial charge in [-0.15, -0.1) is 11.3 Å². The molecule has 0 saturated heterocycles. The van der Waals surface area contributed by atoms with E-state index in [1.807, 2.05) is 12.1 Å². The Hall–Kier alpha value is -1.40. The Kier molecular flexibility index (Phi) is 4.73. The highest BCUT2D eigenvalue weighted by molar-refractivity contribution is 7.93. The zero-order chi connectivity index (χ0) is 16.4. The minimum atomic E-state index is -3.56. The summed E-state index contributed by atoms with van der Waals surface area (Å²) in [7, 11) is -3.56. The van der Waals surface area contributed by atoms with E-state index in [0.29, 0.717) is 15.9 Å². The molecular formula is C17H22N2O2S2. The van der Waals surface area contributed by atoms with Crippen LogP contribution in [-0.4, -0.2) is 13.4 Å². The summed E-state index contributed by atoms with van der Waals surface area (Å²) in [5.74, 6) is 0.651. The molecule has 1 aliphatic rings. The molecule has 1 atom stereocenters. The molecule has 1 N–H and O–H groups in total. The lowest BCUT2D eigenvalue weighted by atomic mass is 9.93. The van der Waals surface area contributed by atoms with E-state index in [-0.39, 0.29) is 0 Å². The second kappa shape index (κ2) is 6.61. The number of hydrogen-bond donors (Lipinski definition) is 1. The van der Waals surface area contributed by atoms with Crippen molar-refractivity contribution in [3.05, 3.63) is 40.4 Å². The highest BCUT2D eigenvalue weighted by Gasteiger charge is 2.22. The monoisotopic (exact) mass is 350 g/mol. The van der Waals surface area contributed by atoms with Crippen LogP contribution in [0, 0.1) is 5.92 Å². The van der Waals surface area contributed by atoms with Crippen LogP contribution < -0.4 is 4.72 Å². The van der Waals surface area contributed by atoms with Crippen LogP contribution in [0.5, 0.6) is 0 Å². The number of anilines is 1. The second-order valence-corrected chi connectivity index (χ2v) is 9.00. The summed E-state index contributed by atoms with van der Waals surface area (Å²) >= 11 is 1.47. The fourth-order valence-electron chi connectivity index (χ4n) is 2.88. The van der Waals surface area contributed by atoms with Crippen molar-refractivity contribution in [3.8, 4) is 0 Å². The molecule has 0 amide bonds. The van der Waals surface area contributed by atoms with Gasteiger partial charge in [-0.2, -0.15) is 0 Å². The van der Waals surface area contributed by atoms with Crippen molar-refractivity contribution in [1.82, 2.24) is 4.98 Å². The van der Waals surface area contributed by atoms with Crippen molar-refractivity contribution >= 4 is 26.5 Å². The highest BCUT2D eigenvalue weighted by atomic mass is 32.2. The molecule has 1 heterocycles. The van der Waals surface area contributed by atoms with Gasteiger partial charge in [0.25, 0.3) is 10.0 Å². The third-order valence-corrected chi connectivity index (χ3v) is 6.70. The number of hydrogen-bond acceptors (Lipinski definition) is 4. The maximum atomic E-state index is 12.5. The number of benzene rings is 1. The van der Waals surface area contributed by atoms with Gasteiger partial charge in [-0.05, 0) is 49.3 Å². The van der Waals surface area contributed by atoms with Crippen molar-refractivity contribution in [2.75, 3.05) is 4.72 Å². The molecule has 0 saturated carbocycles. The van der Waals surface area contributed by atoms with Crippen molar-refractivity contribution < 1.29 is 8.42 Å². The maximum Gasteiger partial charge on any atom is 0.263 e. The summed E-state index contributed by atoms with van der Waals surface area (Å²) < 4.78 is 27.6. The van der Waals surface area contributed by atoms with Gasteiger partial charge in [0.15, 0.2) is 5.13 Å². The molecular weight excluding hydrogens is 328 g/mol. The molecule has 0 spiro atoms. The first-order valence-corrected chi connectivity index (χ1v) is 10.4. The van der Waals surface area contributed by atoms with E-state index >= 15 is 0 Å². The predicted octanol–water partition coefficient (Wildman–Crippen LogP) is 4.02. The van der Waals surface area contributed by atoms with Crippen LogP contribution in [0.1, 0.15) is 42.8 Å². The predicted molar refractivity (Wildman–Crippen MR) is 94.5 cm³/mol. The van der Waals surface area contributed by atoms with Crippen LogP contribution in [-0.2, 0) is 29.3 Å². The van der Waals surface area contributed by atoms with Crippen LogP contribution in [0.3, 0.4) is 0 Å². The Balaban J connectivity index is 1.78. The van der Waals surface area contributed by atoms with Gasteiger partial charge in [-0.25, -0.2) is 13.4 Å². The molecule has 124 valence electrons. The summed E-state index contributed by atoms with van der Waals surface area (Å²) in [6, 6.07) is 7.10. The fourth-order valence-corrected chi connectivity index (χ4v) is 5.29. The number of aromatic nitrogens is 1. The number of thiazole rings is 1. The SMILES string of the molecule is CCCc1ccc(S(=O)(=O)Nc2nc3c(s2)CC(C)CC3)cc1. The summed E-state index contributed by atoms with van der Waals surface area (Å²) in [5, 5.41) is 0.488. The summed E-state index contributed by atoms with van der Waals surface area (Å²) in [4.78, 5) is 5.98. The van der Waals surface area contributed by atoms with Crippen molar-refractivity contribution in [2.24, 2.45) is 5.92 Å². The first kappa shape index (κ1) is 16.5. The van der Waals surface area contributed by atoms with Gasteiger partial charge >= 0.3 is 0 Å². The number of aryl methyl sites for hydroxylation is 2. The van der Waals surface area contributed by atoms with Gasteiger partial charge in [0, 0.05) is 4.88 Å². The number of rotatable bonds is 5. The molecule has 0 fully saturated rings. The molecule has 6 heteroatoms. The smallest absolute Gasteiger partial charge is 0.255 e. The second-order valence-electron chi connectivity index (χ2n) is 6.24. The van der Waals surface area contributed by atoms with E-state index in [4.69, 9.17) is 0 Å². The van der Waals surface area contributed by atoms with E-state index in [0.717, 1.165) is 43.4 Å². The average molecular weight is 351 g/mol. The van der Waals surface area contributed by atoms with Crippen LogP contribution >= 0.6 is 11.3 Å². The molecule has 1 aromatic heterocycles. The molecule has 0 radical (unpaired) electrons. The Morgan fingerprint density at radius 1 is 1.30 bits per heavy atom. The quantitative estimate of drug-likeness (QED) is 0.886. The van der Waals surface area contributed by atoms with Crippen molar-refractivity contribution in [1.29, 1.82) is 0 Å². The molecule has 4 nitrogen and oxygen atoms in total. The minimum absolute atomic E-state index is 0.291. The lowest BCUT2D eigenvalue weighted by Gasteiger charge is -2.15. The zero-order valence-corrected chi connectivity index (χ0v) is 15.1. The van der Waals surface area contributed by atoms with Crippen LogP contribution in [0.4, 0.5) is 5.13 Å². The van der Waals surface area contributed by atoms with Crippen LogP contribution in [0.2, 0.25) is 0 Å². The standard InChI is InChI=1S/C17H22N2O2S2/c1-3-4-13-6-8-14(9-7-13)23(20,21)19-17-18-15-10-5-12(2)11-16(15)22-17/h6-9,12H,3-5,10-11H2,1-2H3,(H,18,19). The van der Waals surface area contributed by atoms with Crippen LogP contribution in [0.25, 0.3) is 0 Å². The molecule has 1 aromatic carbocycles. The largest absolute Gasteiger partial charge is 0.263 e. The molecule has 3 rings (SSSR count). The molecule has 0 bridgehead atoms. The third-order valence-electron chi connectivity index (χ3n) is 4.18. The minimum Gasteiger partial charge on any atom is -0.255 e. The van der Waals surface area contributed by atoms with Crippen molar-refractivity contribution in [3.63, 3.8) is 0 Å². The Labute approximate surface area is 142 Å². The topological polar surface area (TPSA) is 59.1 Å². The van der Waals surface area contributed by atoms with E-state index in [1.54, 1.807) is 12.1 Å². The fraction of sp³-hybridized carbons (Fsp3) is 0.471. The van der Waals surface area contributed by atoms with Gasteiger partial charge in [0.2, 0.25) is 0 Å². The molecule has 1 unspecified atom stereocenters. The number of sulfonamides is 1. The van der Waals surface area contributed by atoms with Gasteiger partial charge in [0.05, 0.1) is 10.6 Å². The highest BCUT2D eigenvalue weighted by Crippen LogP contribution is 2.33. The Bertz CT molecular complexity index is 779. The maximum absolute atomic E-state index is 12.5. The van der Waals surface area contributed by atoms with Gasteiger partial charge in [-0.1, -0.05) is 32.4 Å². The van der Waals surface area contributed by atoms with Gasteiger partial charge in [-0.3, -0.25) is 4.72 Å².